The Morgan fingerprint density at radius 2 is 1.90 bits per heavy atom. The minimum Gasteiger partial charge on any atom is -0.307 e. The molecule has 21 heavy (non-hydrogen) atoms. The first kappa shape index (κ1) is 14.7. The summed E-state index contributed by atoms with van der Waals surface area (Å²) in [4.78, 5) is 0. The number of hydrogen-bond donors (Lipinski definition) is 1. The van der Waals surface area contributed by atoms with E-state index in [0.29, 0.717) is 0 Å². The van der Waals surface area contributed by atoms with E-state index in [1.807, 2.05) is 6.07 Å². The Morgan fingerprint density at radius 1 is 1.10 bits per heavy atom. The van der Waals surface area contributed by atoms with Crippen molar-refractivity contribution < 1.29 is 4.39 Å². The lowest BCUT2D eigenvalue weighted by Gasteiger charge is -2.20. The highest BCUT2D eigenvalue weighted by molar-refractivity contribution is 9.10. The summed E-state index contributed by atoms with van der Waals surface area (Å²) in [5.74, 6) is -0.205. The van der Waals surface area contributed by atoms with Gasteiger partial charge in [-0.05, 0) is 66.3 Å². The quantitative estimate of drug-likeness (QED) is 0.839. The van der Waals surface area contributed by atoms with Crippen LogP contribution in [0.1, 0.15) is 41.6 Å². The highest BCUT2D eigenvalue weighted by atomic mass is 79.9. The van der Waals surface area contributed by atoms with E-state index in [1.165, 1.54) is 35.6 Å². The number of nitrogens with one attached hydrogen (secondary N) is 1. The van der Waals surface area contributed by atoms with Gasteiger partial charge in [0.2, 0.25) is 0 Å². The molecule has 0 saturated heterocycles. The van der Waals surface area contributed by atoms with E-state index in [4.69, 9.17) is 0 Å². The molecule has 3 rings (SSSR count). The number of aryl methyl sites for hydroxylation is 2. The van der Waals surface area contributed by atoms with Crippen LogP contribution in [-0.4, -0.2) is 6.54 Å². The molecule has 2 aromatic carbocycles. The van der Waals surface area contributed by atoms with E-state index in [0.717, 1.165) is 23.0 Å². The van der Waals surface area contributed by atoms with Crippen LogP contribution in [0.15, 0.2) is 40.9 Å². The normalized spacial score (nSPS) is 15.0. The molecule has 1 N–H and O–H groups in total. The summed E-state index contributed by atoms with van der Waals surface area (Å²) in [5, 5.41) is 3.47. The zero-order valence-electron chi connectivity index (χ0n) is 12.1. The van der Waals surface area contributed by atoms with Gasteiger partial charge < -0.3 is 5.32 Å². The number of rotatable bonds is 4. The Morgan fingerprint density at radius 3 is 2.67 bits per heavy atom. The largest absolute Gasteiger partial charge is 0.307 e. The Balaban J connectivity index is 2.01. The molecule has 0 radical (unpaired) electrons. The molecule has 0 amide bonds. The highest BCUT2D eigenvalue weighted by Crippen LogP contribution is 2.30. The fraction of sp³-hybridized carbons (Fsp3) is 0.333. The molecule has 1 nitrogen and oxygen atoms in total. The molecule has 0 bridgehead atoms. The van der Waals surface area contributed by atoms with Gasteiger partial charge in [-0.25, -0.2) is 4.39 Å². The number of fused-ring (bicyclic) bond motifs is 1. The van der Waals surface area contributed by atoms with Crippen molar-refractivity contribution in [2.75, 3.05) is 6.54 Å². The van der Waals surface area contributed by atoms with Crippen molar-refractivity contribution in [3.63, 3.8) is 0 Å². The van der Waals surface area contributed by atoms with Gasteiger partial charge >= 0.3 is 0 Å². The average Bonchev–Trinajstić information content (AvgIpc) is 2.91. The average molecular weight is 348 g/mol. The molecule has 0 spiro atoms. The monoisotopic (exact) mass is 347 g/mol. The second-order valence-corrected chi connectivity index (χ2v) is 6.49. The summed E-state index contributed by atoms with van der Waals surface area (Å²) in [6, 6.07) is 11.8. The Hall–Kier alpha value is -1.19. The van der Waals surface area contributed by atoms with E-state index < -0.39 is 0 Å². The van der Waals surface area contributed by atoms with E-state index in [-0.39, 0.29) is 11.9 Å². The van der Waals surface area contributed by atoms with Crippen LogP contribution in [0.5, 0.6) is 0 Å². The number of hydrogen-bond acceptors (Lipinski definition) is 1. The second kappa shape index (κ2) is 6.29. The predicted octanol–water partition coefficient (Wildman–Crippen LogP) is 4.78. The molecule has 1 aliphatic rings. The summed E-state index contributed by atoms with van der Waals surface area (Å²) < 4.78 is 14.5. The predicted molar refractivity (Wildman–Crippen MR) is 88.1 cm³/mol. The molecule has 0 saturated carbocycles. The van der Waals surface area contributed by atoms with Gasteiger partial charge in [0.15, 0.2) is 0 Å². The molecule has 0 heterocycles. The van der Waals surface area contributed by atoms with Crippen LogP contribution in [0.4, 0.5) is 4.39 Å². The van der Waals surface area contributed by atoms with Crippen molar-refractivity contribution in [3.05, 3.63) is 68.9 Å². The third-order valence-electron chi connectivity index (χ3n) is 4.08. The Labute approximate surface area is 133 Å². The van der Waals surface area contributed by atoms with E-state index in [9.17, 15) is 4.39 Å². The summed E-state index contributed by atoms with van der Waals surface area (Å²) in [6.45, 7) is 2.92. The van der Waals surface area contributed by atoms with Gasteiger partial charge in [0.1, 0.15) is 5.82 Å². The molecule has 1 atom stereocenters. The Bertz CT molecular complexity index is 633. The van der Waals surface area contributed by atoms with Crippen molar-refractivity contribution in [1.82, 2.24) is 5.32 Å². The van der Waals surface area contributed by atoms with Crippen LogP contribution in [0.2, 0.25) is 0 Å². The van der Waals surface area contributed by atoms with Crippen LogP contribution >= 0.6 is 15.9 Å². The fourth-order valence-corrected chi connectivity index (χ4v) is 3.63. The van der Waals surface area contributed by atoms with Gasteiger partial charge in [0.05, 0.1) is 6.04 Å². The fourth-order valence-electron chi connectivity index (χ4n) is 3.15. The van der Waals surface area contributed by atoms with Crippen LogP contribution in [-0.2, 0) is 12.8 Å². The van der Waals surface area contributed by atoms with Crippen LogP contribution in [0.25, 0.3) is 0 Å². The SMILES string of the molecule is CCNC(c1cc(F)cc(Br)c1)c1ccc2c(c1)CCC2. The van der Waals surface area contributed by atoms with Crippen molar-refractivity contribution in [2.24, 2.45) is 0 Å². The molecular weight excluding hydrogens is 329 g/mol. The third-order valence-corrected chi connectivity index (χ3v) is 4.54. The van der Waals surface area contributed by atoms with Crippen molar-refractivity contribution >= 4 is 15.9 Å². The zero-order chi connectivity index (χ0) is 14.8. The van der Waals surface area contributed by atoms with Gasteiger partial charge in [-0.2, -0.15) is 0 Å². The summed E-state index contributed by atoms with van der Waals surface area (Å²) in [7, 11) is 0. The molecule has 110 valence electrons. The lowest BCUT2D eigenvalue weighted by molar-refractivity contribution is 0.602. The lowest BCUT2D eigenvalue weighted by atomic mass is 9.95. The van der Waals surface area contributed by atoms with Crippen molar-refractivity contribution in [1.29, 1.82) is 0 Å². The maximum atomic E-state index is 13.7. The van der Waals surface area contributed by atoms with Gasteiger partial charge in [-0.15, -0.1) is 0 Å². The molecule has 0 aliphatic heterocycles. The standard InChI is InChI=1S/C18H19BrFN/c1-2-21-18(15-9-16(19)11-17(20)10-15)14-7-6-12-4-3-5-13(12)8-14/h6-11,18,21H,2-5H2,1H3. The van der Waals surface area contributed by atoms with Gasteiger partial charge in [0, 0.05) is 4.47 Å². The molecule has 2 aromatic rings. The maximum Gasteiger partial charge on any atom is 0.124 e. The topological polar surface area (TPSA) is 12.0 Å². The van der Waals surface area contributed by atoms with E-state index >= 15 is 0 Å². The third kappa shape index (κ3) is 3.19. The molecular formula is C18H19BrFN. The first-order chi connectivity index (χ1) is 10.2. The van der Waals surface area contributed by atoms with Gasteiger partial charge in [0.25, 0.3) is 0 Å². The van der Waals surface area contributed by atoms with Crippen LogP contribution in [0, 0.1) is 5.82 Å². The maximum absolute atomic E-state index is 13.7. The number of benzene rings is 2. The van der Waals surface area contributed by atoms with E-state index in [1.54, 1.807) is 6.07 Å². The lowest BCUT2D eigenvalue weighted by Crippen LogP contribution is -2.22. The Kier molecular flexibility index (Phi) is 4.41. The van der Waals surface area contributed by atoms with Crippen LogP contribution < -0.4 is 5.32 Å². The zero-order valence-corrected chi connectivity index (χ0v) is 13.7. The van der Waals surface area contributed by atoms with E-state index in [2.05, 4.69) is 46.4 Å². The first-order valence-electron chi connectivity index (χ1n) is 7.48. The summed E-state index contributed by atoms with van der Waals surface area (Å²) >= 11 is 3.39. The minimum absolute atomic E-state index is 0.0351. The molecule has 1 aliphatic carbocycles. The van der Waals surface area contributed by atoms with Gasteiger partial charge in [-0.1, -0.05) is 41.1 Å². The summed E-state index contributed by atoms with van der Waals surface area (Å²) in [6.07, 6.45) is 3.60. The highest BCUT2D eigenvalue weighted by Gasteiger charge is 2.18. The minimum atomic E-state index is -0.205. The van der Waals surface area contributed by atoms with Gasteiger partial charge in [-0.3, -0.25) is 0 Å². The second-order valence-electron chi connectivity index (χ2n) is 5.58. The van der Waals surface area contributed by atoms with Crippen molar-refractivity contribution in [2.45, 2.75) is 32.2 Å². The summed E-state index contributed by atoms with van der Waals surface area (Å²) in [5.41, 5.74) is 5.09. The van der Waals surface area contributed by atoms with Crippen LogP contribution in [0.3, 0.4) is 0 Å². The smallest absolute Gasteiger partial charge is 0.124 e. The first-order valence-corrected chi connectivity index (χ1v) is 8.27. The molecule has 0 fully saturated rings. The number of halogens is 2. The molecule has 0 aromatic heterocycles. The van der Waals surface area contributed by atoms with Crippen molar-refractivity contribution in [3.8, 4) is 0 Å². The molecule has 1 unspecified atom stereocenters. The molecule has 3 heteroatoms.